The number of hydrazine groups is 1. The van der Waals surface area contributed by atoms with Gasteiger partial charge >= 0.3 is 11.1 Å². The van der Waals surface area contributed by atoms with E-state index in [1.807, 2.05) is 11.4 Å². The van der Waals surface area contributed by atoms with Gasteiger partial charge in [-0.25, -0.2) is 15.8 Å². The van der Waals surface area contributed by atoms with E-state index in [2.05, 4.69) is 25.5 Å². The molecule has 0 amide bonds. The standard InChI is InChI=1S/C10H9N7O2S2/c1-17-10(12-5(18)6(19)16-17)21-8-4-2-3-20-7(4)13-9(14-8)15-11/h2-3H,11H2,1H3,(H,16,19)(H,13,14,15). The molecular weight excluding hydrogens is 314 g/mol. The largest absolute Gasteiger partial charge is 0.339 e. The molecule has 11 heteroatoms. The van der Waals surface area contributed by atoms with Crippen LogP contribution in [0.15, 0.2) is 31.2 Å². The van der Waals surface area contributed by atoms with Crippen LogP contribution in [0.2, 0.25) is 0 Å². The van der Waals surface area contributed by atoms with Gasteiger partial charge in [0.15, 0.2) is 5.16 Å². The molecule has 0 aliphatic heterocycles. The maximum absolute atomic E-state index is 11.4. The van der Waals surface area contributed by atoms with Crippen LogP contribution in [0.3, 0.4) is 0 Å². The minimum absolute atomic E-state index is 0.266. The van der Waals surface area contributed by atoms with Crippen LogP contribution in [-0.4, -0.2) is 24.7 Å². The summed E-state index contributed by atoms with van der Waals surface area (Å²) in [7, 11) is 1.59. The molecule has 3 aromatic rings. The fourth-order valence-electron chi connectivity index (χ4n) is 1.61. The number of aromatic amines is 1. The number of rotatable bonds is 3. The van der Waals surface area contributed by atoms with Crippen molar-refractivity contribution in [1.82, 2.24) is 24.7 Å². The topological polar surface area (TPSA) is 132 Å². The van der Waals surface area contributed by atoms with E-state index in [1.54, 1.807) is 7.05 Å². The average Bonchev–Trinajstić information content (AvgIpc) is 2.93. The average molecular weight is 323 g/mol. The second kappa shape index (κ2) is 5.27. The van der Waals surface area contributed by atoms with Crippen LogP contribution in [0.4, 0.5) is 5.95 Å². The number of nitrogens with zero attached hydrogens (tertiary/aromatic N) is 4. The molecule has 4 N–H and O–H groups in total. The molecule has 0 unspecified atom stereocenters. The highest BCUT2D eigenvalue weighted by atomic mass is 32.2. The molecule has 0 fully saturated rings. The van der Waals surface area contributed by atoms with Gasteiger partial charge in [-0.15, -0.1) is 11.3 Å². The summed E-state index contributed by atoms with van der Waals surface area (Å²) in [5, 5.41) is 5.98. The molecule has 9 nitrogen and oxygen atoms in total. The van der Waals surface area contributed by atoms with Gasteiger partial charge in [-0.1, -0.05) is 0 Å². The highest BCUT2D eigenvalue weighted by Gasteiger charge is 2.13. The molecule has 108 valence electrons. The first-order valence-electron chi connectivity index (χ1n) is 5.65. The third kappa shape index (κ3) is 2.53. The zero-order valence-corrected chi connectivity index (χ0v) is 12.3. The number of anilines is 1. The van der Waals surface area contributed by atoms with Crippen molar-refractivity contribution >= 4 is 39.3 Å². The van der Waals surface area contributed by atoms with Crippen molar-refractivity contribution in [1.29, 1.82) is 0 Å². The summed E-state index contributed by atoms with van der Waals surface area (Å²) >= 11 is 2.59. The fourth-order valence-corrected chi connectivity index (χ4v) is 3.33. The summed E-state index contributed by atoms with van der Waals surface area (Å²) < 4.78 is 1.37. The maximum atomic E-state index is 11.4. The molecule has 0 saturated carbocycles. The molecule has 3 rings (SSSR count). The first kappa shape index (κ1) is 13.7. The van der Waals surface area contributed by atoms with Crippen LogP contribution in [0.5, 0.6) is 0 Å². The second-order valence-corrected chi connectivity index (χ2v) is 5.79. The fraction of sp³-hybridized carbons (Fsp3) is 0.100. The summed E-state index contributed by atoms with van der Waals surface area (Å²) in [5.74, 6) is 5.61. The van der Waals surface area contributed by atoms with Crippen molar-refractivity contribution in [2.75, 3.05) is 5.43 Å². The molecule has 3 heterocycles. The van der Waals surface area contributed by atoms with E-state index in [1.165, 1.54) is 16.0 Å². The lowest BCUT2D eigenvalue weighted by Crippen LogP contribution is -2.33. The van der Waals surface area contributed by atoms with Crippen LogP contribution in [0, 0.1) is 0 Å². The number of aryl methyl sites for hydroxylation is 1. The minimum atomic E-state index is -0.844. The van der Waals surface area contributed by atoms with Crippen molar-refractivity contribution in [3.8, 4) is 0 Å². The summed E-state index contributed by atoms with van der Waals surface area (Å²) in [6.07, 6.45) is 0. The summed E-state index contributed by atoms with van der Waals surface area (Å²) in [5.41, 5.74) is 0.782. The minimum Gasteiger partial charge on any atom is -0.292 e. The van der Waals surface area contributed by atoms with Crippen molar-refractivity contribution < 1.29 is 0 Å². The molecule has 0 aliphatic carbocycles. The summed E-state index contributed by atoms with van der Waals surface area (Å²) in [4.78, 5) is 35.5. The number of nitrogens with one attached hydrogen (secondary N) is 2. The molecule has 0 saturated heterocycles. The van der Waals surface area contributed by atoms with Gasteiger partial charge in [-0.05, 0) is 23.2 Å². The Morgan fingerprint density at radius 1 is 1.38 bits per heavy atom. The van der Waals surface area contributed by atoms with E-state index >= 15 is 0 Å². The van der Waals surface area contributed by atoms with Gasteiger partial charge in [-0.3, -0.25) is 24.8 Å². The molecule has 0 radical (unpaired) electrons. The highest BCUT2D eigenvalue weighted by Crippen LogP contribution is 2.32. The first-order valence-corrected chi connectivity index (χ1v) is 7.35. The predicted molar refractivity (Wildman–Crippen MR) is 79.4 cm³/mol. The number of hydrogen-bond donors (Lipinski definition) is 3. The van der Waals surface area contributed by atoms with Crippen LogP contribution in [0.25, 0.3) is 10.2 Å². The van der Waals surface area contributed by atoms with Crippen molar-refractivity contribution in [2.45, 2.75) is 10.2 Å². The lowest BCUT2D eigenvalue weighted by Gasteiger charge is -2.07. The zero-order valence-electron chi connectivity index (χ0n) is 10.7. The van der Waals surface area contributed by atoms with Gasteiger partial charge in [0.05, 0.1) is 0 Å². The van der Waals surface area contributed by atoms with Crippen molar-refractivity contribution in [3.05, 3.63) is 32.2 Å². The summed E-state index contributed by atoms with van der Waals surface area (Å²) in [6, 6.07) is 1.87. The monoisotopic (exact) mass is 323 g/mol. The number of aromatic nitrogens is 5. The van der Waals surface area contributed by atoms with Gasteiger partial charge in [0.2, 0.25) is 5.95 Å². The molecule has 21 heavy (non-hydrogen) atoms. The highest BCUT2D eigenvalue weighted by molar-refractivity contribution is 7.99. The normalized spacial score (nSPS) is 11.0. The number of H-pyrrole nitrogens is 1. The second-order valence-electron chi connectivity index (χ2n) is 3.94. The lowest BCUT2D eigenvalue weighted by atomic mass is 10.4. The number of nitrogen functional groups attached to an aromatic ring is 1. The Morgan fingerprint density at radius 3 is 2.95 bits per heavy atom. The Kier molecular flexibility index (Phi) is 3.45. The molecule has 3 aromatic heterocycles. The Bertz CT molecular complexity index is 929. The molecule has 0 aromatic carbocycles. The van der Waals surface area contributed by atoms with E-state index in [4.69, 9.17) is 5.84 Å². The number of thiophene rings is 1. The van der Waals surface area contributed by atoms with E-state index < -0.39 is 11.1 Å². The maximum Gasteiger partial charge on any atom is 0.339 e. The van der Waals surface area contributed by atoms with E-state index in [0.29, 0.717) is 10.2 Å². The van der Waals surface area contributed by atoms with Gasteiger partial charge in [0.1, 0.15) is 9.86 Å². The van der Waals surface area contributed by atoms with Crippen LogP contribution in [0.1, 0.15) is 0 Å². The van der Waals surface area contributed by atoms with Gasteiger partial charge < -0.3 is 0 Å². The van der Waals surface area contributed by atoms with E-state index in [0.717, 1.165) is 22.0 Å². The SMILES string of the molecule is Cn1[nH]c(=O)c(=O)nc1Sc1nc(NN)nc2sccc12. The van der Waals surface area contributed by atoms with Crippen molar-refractivity contribution in [3.63, 3.8) is 0 Å². The smallest absolute Gasteiger partial charge is 0.292 e. The Hall–Kier alpha value is -2.24. The molecule has 0 aliphatic rings. The number of fused-ring (bicyclic) bond motifs is 1. The summed E-state index contributed by atoms with van der Waals surface area (Å²) in [6.45, 7) is 0. The Morgan fingerprint density at radius 2 is 2.19 bits per heavy atom. The van der Waals surface area contributed by atoms with Crippen molar-refractivity contribution in [2.24, 2.45) is 12.9 Å². The Labute approximate surface area is 125 Å². The molecule has 0 atom stereocenters. The van der Waals surface area contributed by atoms with Gasteiger partial charge in [0.25, 0.3) is 0 Å². The van der Waals surface area contributed by atoms with Gasteiger partial charge in [0, 0.05) is 12.4 Å². The Balaban J connectivity index is 2.13. The molecular formula is C10H9N7O2S2. The van der Waals surface area contributed by atoms with E-state index in [9.17, 15) is 9.59 Å². The van der Waals surface area contributed by atoms with E-state index in [-0.39, 0.29) is 5.95 Å². The third-order valence-electron chi connectivity index (χ3n) is 2.55. The predicted octanol–water partition coefficient (Wildman–Crippen LogP) is -0.0899. The lowest BCUT2D eigenvalue weighted by molar-refractivity contribution is 0.596. The molecule has 0 bridgehead atoms. The third-order valence-corrected chi connectivity index (χ3v) is 4.41. The van der Waals surface area contributed by atoms with Crippen LogP contribution < -0.4 is 22.4 Å². The zero-order chi connectivity index (χ0) is 15.0. The van der Waals surface area contributed by atoms with Crippen LogP contribution in [-0.2, 0) is 7.05 Å². The van der Waals surface area contributed by atoms with Gasteiger partial charge in [-0.2, -0.15) is 4.98 Å². The quantitative estimate of drug-likeness (QED) is 0.264. The number of hydrogen-bond acceptors (Lipinski definition) is 9. The van der Waals surface area contributed by atoms with Crippen LogP contribution >= 0.6 is 23.1 Å². The molecule has 0 spiro atoms. The first-order chi connectivity index (χ1) is 10.1. The number of nitrogens with two attached hydrogens (primary N) is 1.